The van der Waals surface area contributed by atoms with Crippen LogP contribution in [0.2, 0.25) is 0 Å². The van der Waals surface area contributed by atoms with Gasteiger partial charge in [0, 0.05) is 13.1 Å². The lowest BCUT2D eigenvalue weighted by atomic mass is 10.1. The molecule has 19 heavy (non-hydrogen) atoms. The van der Waals surface area contributed by atoms with Gasteiger partial charge in [-0.3, -0.25) is 10.2 Å². The summed E-state index contributed by atoms with van der Waals surface area (Å²) in [6.07, 6.45) is 4.60. The maximum absolute atomic E-state index is 13.6. The first-order valence-corrected chi connectivity index (χ1v) is 7.13. The smallest absolute Gasteiger partial charge is 0.126 e. The van der Waals surface area contributed by atoms with Crippen LogP contribution < -0.4 is 5.32 Å². The fourth-order valence-corrected chi connectivity index (χ4v) is 2.69. The number of rotatable bonds is 6. The molecule has 1 saturated heterocycles. The quantitative estimate of drug-likeness (QED) is 0.823. The number of piperidine rings is 1. The zero-order chi connectivity index (χ0) is 13.5. The van der Waals surface area contributed by atoms with Gasteiger partial charge in [0.05, 0.1) is 12.8 Å². The molecule has 1 aliphatic rings. The van der Waals surface area contributed by atoms with E-state index in [0.29, 0.717) is 12.7 Å². The molecular weight excluding hydrogens is 243 g/mol. The zero-order valence-electron chi connectivity index (χ0n) is 11.3. The Morgan fingerprint density at radius 1 is 1.32 bits per heavy atom. The number of halogens is 1. The molecule has 1 heterocycles. The summed E-state index contributed by atoms with van der Waals surface area (Å²) in [6, 6.07) is 6.99. The highest BCUT2D eigenvalue weighted by Crippen LogP contribution is 2.16. The Morgan fingerprint density at radius 2 is 2.16 bits per heavy atom. The number of hydrogen-bond donors (Lipinski definition) is 2. The lowest BCUT2D eigenvalue weighted by Gasteiger charge is -2.36. The van der Waals surface area contributed by atoms with Crippen molar-refractivity contribution in [2.75, 3.05) is 26.2 Å². The van der Waals surface area contributed by atoms with Crippen molar-refractivity contribution in [3.63, 3.8) is 0 Å². The van der Waals surface area contributed by atoms with E-state index >= 15 is 0 Å². The molecule has 4 heteroatoms. The second-order valence-corrected chi connectivity index (χ2v) is 5.07. The molecule has 3 nitrogen and oxygen atoms in total. The van der Waals surface area contributed by atoms with Crippen molar-refractivity contribution in [2.24, 2.45) is 0 Å². The maximum atomic E-state index is 13.6. The van der Waals surface area contributed by atoms with E-state index in [0.717, 1.165) is 31.5 Å². The van der Waals surface area contributed by atoms with Crippen molar-refractivity contribution in [1.82, 2.24) is 10.2 Å². The Kier molecular flexibility index (Phi) is 5.76. The topological polar surface area (TPSA) is 35.5 Å². The van der Waals surface area contributed by atoms with E-state index in [9.17, 15) is 4.39 Å². The van der Waals surface area contributed by atoms with E-state index in [4.69, 9.17) is 5.11 Å². The third-order valence-electron chi connectivity index (χ3n) is 3.73. The van der Waals surface area contributed by atoms with Crippen LogP contribution in [-0.2, 0) is 6.42 Å². The lowest BCUT2D eigenvalue weighted by Crippen LogP contribution is -2.50. The second kappa shape index (κ2) is 7.58. The lowest BCUT2D eigenvalue weighted by molar-refractivity contribution is 0.116. The average Bonchev–Trinajstić information content (AvgIpc) is 2.45. The van der Waals surface area contributed by atoms with E-state index in [1.165, 1.54) is 18.9 Å². The van der Waals surface area contributed by atoms with Crippen LogP contribution in [0, 0.1) is 5.82 Å². The van der Waals surface area contributed by atoms with Gasteiger partial charge >= 0.3 is 0 Å². The monoisotopic (exact) mass is 266 g/mol. The number of nitrogens with one attached hydrogen (secondary N) is 1. The van der Waals surface area contributed by atoms with Gasteiger partial charge in [-0.1, -0.05) is 18.2 Å². The SMILES string of the molecule is OCCNC1CCCCN1CCc1ccccc1F. The summed E-state index contributed by atoms with van der Waals surface area (Å²) < 4.78 is 13.6. The van der Waals surface area contributed by atoms with Crippen LogP contribution in [0.3, 0.4) is 0 Å². The van der Waals surface area contributed by atoms with Crippen molar-refractivity contribution in [2.45, 2.75) is 31.8 Å². The number of benzene rings is 1. The highest BCUT2D eigenvalue weighted by molar-refractivity contribution is 5.17. The first-order chi connectivity index (χ1) is 9.31. The largest absolute Gasteiger partial charge is 0.395 e. The molecule has 0 spiro atoms. The molecule has 1 aromatic rings. The molecule has 0 aliphatic carbocycles. The fourth-order valence-electron chi connectivity index (χ4n) is 2.69. The molecule has 106 valence electrons. The predicted molar refractivity (Wildman–Crippen MR) is 74.4 cm³/mol. The molecule has 0 aromatic heterocycles. The van der Waals surface area contributed by atoms with Crippen LogP contribution in [0.1, 0.15) is 24.8 Å². The van der Waals surface area contributed by atoms with Crippen molar-refractivity contribution in [1.29, 1.82) is 0 Å². The molecule has 0 saturated carbocycles. The van der Waals surface area contributed by atoms with E-state index in [-0.39, 0.29) is 12.4 Å². The Morgan fingerprint density at radius 3 is 2.95 bits per heavy atom. The van der Waals surface area contributed by atoms with Gasteiger partial charge in [0.25, 0.3) is 0 Å². The highest BCUT2D eigenvalue weighted by Gasteiger charge is 2.21. The van der Waals surface area contributed by atoms with Gasteiger partial charge in [0.1, 0.15) is 5.82 Å². The summed E-state index contributed by atoms with van der Waals surface area (Å²) >= 11 is 0. The summed E-state index contributed by atoms with van der Waals surface area (Å²) in [5.41, 5.74) is 0.786. The molecule has 0 amide bonds. The molecule has 0 bridgehead atoms. The third-order valence-corrected chi connectivity index (χ3v) is 3.73. The normalized spacial score (nSPS) is 20.6. The minimum Gasteiger partial charge on any atom is -0.395 e. The van der Waals surface area contributed by atoms with Gasteiger partial charge in [0.2, 0.25) is 0 Å². The third kappa shape index (κ3) is 4.27. The van der Waals surface area contributed by atoms with Crippen molar-refractivity contribution in [3.05, 3.63) is 35.6 Å². The molecule has 2 N–H and O–H groups in total. The molecule has 1 atom stereocenters. The summed E-state index contributed by atoms with van der Waals surface area (Å²) in [5, 5.41) is 12.3. The van der Waals surface area contributed by atoms with E-state index in [2.05, 4.69) is 10.2 Å². The second-order valence-electron chi connectivity index (χ2n) is 5.07. The van der Waals surface area contributed by atoms with Gasteiger partial charge in [-0.2, -0.15) is 0 Å². The zero-order valence-corrected chi connectivity index (χ0v) is 11.3. The van der Waals surface area contributed by atoms with Gasteiger partial charge in [-0.25, -0.2) is 4.39 Å². The fraction of sp³-hybridized carbons (Fsp3) is 0.600. The van der Waals surface area contributed by atoms with Gasteiger partial charge < -0.3 is 5.11 Å². The number of hydrogen-bond acceptors (Lipinski definition) is 3. The van der Waals surface area contributed by atoms with E-state index < -0.39 is 0 Å². The van der Waals surface area contributed by atoms with E-state index in [1.807, 2.05) is 12.1 Å². The summed E-state index contributed by atoms with van der Waals surface area (Å²) in [6.45, 7) is 2.71. The van der Waals surface area contributed by atoms with Crippen molar-refractivity contribution in [3.8, 4) is 0 Å². The summed E-state index contributed by atoms with van der Waals surface area (Å²) in [7, 11) is 0. The summed E-state index contributed by atoms with van der Waals surface area (Å²) in [4.78, 5) is 2.37. The minimum absolute atomic E-state index is 0.112. The molecule has 1 fully saturated rings. The Balaban J connectivity index is 1.87. The maximum Gasteiger partial charge on any atom is 0.126 e. The van der Waals surface area contributed by atoms with Gasteiger partial charge in [-0.05, 0) is 43.9 Å². The Bertz CT molecular complexity index is 386. The first kappa shape index (κ1) is 14.4. The summed E-state index contributed by atoms with van der Waals surface area (Å²) in [5.74, 6) is -0.112. The Labute approximate surface area is 114 Å². The van der Waals surface area contributed by atoms with Crippen molar-refractivity contribution >= 4 is 0 Å². The number of nitrogens with zero attached hydrogens (tertiary/aromatic N) is 1. The van der Waals surface area contributed by atoms with Crippen LogP contribution in [0.4, 0.5) is 4.39 Å². The standard InChI is InChI=1S/C15H23FN2O/c16-14-6-2-1-5-13(14)8-11-18-10-4-3-7-15(18)17-9-12-19/h1-2,5-6,15,17,19H,3-4,7-12H2. The molecule has 2 rings (SSSR count). The molecule has 1 unspecified atom stereocenters. The van der Waals surface area contributed by atoms with Crippen molar-refractivity contribution < 1.29 is 9.50 Å². The molecule has 0 radical (unpaired) electrons. The van der Waals surface area contributed by atoms with Crippen LogP contribution >= 0.6 is 0 Å². The van der Waals surface area contributed by atoms with Gasteiger partial charge in [0.15, 0.2) is 0 Å². The number of likely N-dealkylation sites (tertiary alicyclic amines) is 1. The highest BCUT2D eigenvalue weighted by atomic mass is 19.1. The van der Waals surface area contributed by atoms with Gasteiger partial charge in [-0.15, -0.1) is 0 Å². The Hall–Kier alpha value is -0.970. The molecular formula is C15H23FN2O. The average molecular weight is 266 g/mol. The van der Waals surface area contributed by atoms with Crippen LogP contribution in [0.15, 0.2) is 24.3 Å². The molecule has 1 aromatic carbocycles. The first-order valence-electron chi connectivity index (χ1n) is 7.13. The van der Waals surface area contributed by atoms with Crippen LogP contribution in [0.5, 0.6) is 0 Å². The minimum atomic E-state index is -0.112. The molecule has 1 aliphatic heterocycles. The number of aliphatic hydroxyl groups excluding tert-OH is 1. The predicted octanol–water partition coefficient (Wildman–Crippen LogP) is 1.76. The number of aliphatic hydroxyl groups is 1. The van der Waals surface area contributed by atoms with E-state index in [1.54, 1.807) is 6.07 Å². The van der Waals surface area contributed by atoms with Crippen LogP contribution in [-0.4, -0.2) is 42.4 Å². The van der Waals surface area contributed by atoms with Crippen LogP contribution in [0.25, 0.3) is 0 Å².